The molecule has 4 nitrogen and oxygen atoms in total. The molecule has 0 bridgehead atoms. The summed E-state index contributed by atoms with van der Waals surface area (Å²) in [5.74, 6) is -0.723. The molecule has 0 aromatic rings. The van der Waals surface area contributed by atoms with Crippen molar-refractivity contribution in [1.82, 2.24) is 0 Å². The maximum absolute atomic E-state index is 11.2. The number of hydrogen-bond acceptors (Lipinski definition) is 4. The van der Waals surface area contributed by atoms with Crippen LogP contribution in [0.2, 0.25) is 0 Å². The highest BCUT2D eigenvalue weighted by atomic mass is 16.6. The Morgan fingerprint density at radius 2 is 1.00 bits per heavy atom. The monoisotopic (exact) mass is 338 g/mol. The van der Waals surface area contributed by atoms with Gasteiger partial charge in [0.2, 0.25) is 0 Å². The average Bonchev–Trinajstić information content (AvgIpc) is 2.48. The predicted octanol–water partition coefficient (Wildman–Crippen LogP) is 5.12. The summed E-state index contributed by atoms with van der Waals surface area (Å²) >= 11 is 0. The van der Waals surface area contributed by atoms with Gasteiger partial charge in [0.15, 0.2) is 0 Å². The second kappa shape index (κ2) is 11.1. The zero-order valence-corrected chi connectivity index (χ0v) is 15.9. The van der Waals surface area contributed by atoms with E-state index in [0.717, 1.165) is 38.5 Å². The quantitative estimate of drug-likeness (QED) is 0.266. The average molecular weight is 338 g/mol. The molecule has 0 aliphatic carbocycles. The van der Waals surface area contributed by atoms with Crippen molar-refractivity contribution >= 4 is 11.9 Å². The van der Waals surface area contributed by atoms with Crippen molar-refractivity contribution in [2.24, 2.45) is 0 Å². The van der Waals surface area contributed by atoms with Crippen LogP contribution in [0, 0.1) is 0 Å². The lowest BCUT2D eigenvalue weighted by atomic mass is 9.97. The van der Waals surface area contributed by atoms with Gasteiger partial charge in [-0.1, -0.05) is 38.8 Å². The summed E-state index contributed by atoms with van der Waals surface area (Å²) in [5.41, 5.74) is -0.853. The standard InChI is InChI=1S/C20H34O4/c1-7-17(21)23-19(3,4)15-13-11-9-10-12-14-16-20(5,6)24-18(22)8-2/h7-8H,1-2,9-16H2,3-6H3. The largest absolute Gasteiger partial charge is 0.457 e. The summed E-state index contributed by atoms with van der Waals surface area (Å²) in [5, 5.41) is 0. The fourth-order valence-electron chi connectivity index (χ4n) is 2.54. The summed E-state index contributed by atoms with van der Waals surface area (Å²) < 4.78 is 10.6. The smallest absolute Gasteiger partial charge is 0.330 e. The van der Waals surface area contributed by atoms with Crippen molar-refractivity contribution in [3.8, 4) is 0 Å². The molecule has 4 heteroatoms. The number of carbonyl (C=O) groups is 2. The topological polar surface area (TPSA) is 52.6 Å². The Morgan fingerprint density at radius 3 is 1.29 bits per heavy atom. The Balaban J connectivity index is 3.70. The molecule has 0 amide bonds. The molecule has 0 aliphatic rings. The van der Waals surface area contributed by atoms with Crippen molar-refractivity contribution in [3.05, 3.63) is 25.3 Å². The highest BCUT2D eigenvalue weighted by Gasteiger charge is 2.21. The SMILES string of the molecule is C=CC(=O)OC(C)(C)CCCCCCCCC(C)(C)OC(=O)C=C. The van der Waals surface area contributed by atoms with Crippen molar-refractivity contribution < 1.29 is 19.1 Å². The molecule has 138 valence electrons. The van der Waals surface area contributed by atoms with Crippen LogP contribution in [-0.4, -0.2) is 23.1 Å². The molecule has 0 saturated heterocycles. The number of ether oxygens (including phenoxy) is 2. The van der Waals surface area contributed by atoms with E-state index in [1.807, 2.05) is 27.7 Å². The summed E-state index contributed by atoms with van der Waals surface area (Å²) in [4.78, 5) is 22.4. The van der Waals surface area contributed by atoms with E-state index in [2.05, 4.69) is 13.2 Å². The lowest BCUT2D eigenvalue weighted by Crippen LogP contribution is -2.27. The van der Waals surface area contributed by atoms with E-state index in [4.69, 9.17) is 9.47 Å². The normalized spacial score (nSPS) is 11.7. The number of esters is 2. The molecular weight excluding hydrogens is 304 g/mol. The molecule has 0 spiro atoms. The van der Waals surface area contributed by atoms with E-state index in [-0.39, 0.29) is 11.9 Å². The zero-order chi connectivity index (χ0) is 18.6. The lowest BCUT2D eigenvalue weighted by molar-refractivity contribution is -0.151. The van der Waals surface area contributed by atoms with Gasteiger partial charge in [-0.25, -0.2) is 9.59 Å². The summed E-state index contributed by atoms with van der Waals surface area (Å²) in [6, 6.07) is 0. The van der Waals surface area contributed by atoms with Crippen molar-refractivity contribution in [3.63, 3.8) is 0 Å². The van der Waals surface area contributed by atoms with E-state index < -0.39 is 11.2 Å². The van der Waals surface area contributed by atoms with Crippen LogP contribution in [0.1, 0.15) is 79.1 Å². The summed E-state index contributed by atoms with van der Waals surface area (Å²) in [6.07, 6.45) is 10.8. The molecule has 0 radical (unpaired) electrons. The van der Waals surface area contributed by atoms with Crippen LogP contribution in [0.3, 0.4) is 0 Å². The Labute approximate surface area is 147 Å². The van der Waals surface area contributed by atoms with Gasteiger partial charge in [-0.15, -0.1) is 0 Å². The maximum Gasteiger partial charge on any atom is 0.330 e. The first-order valence-corrected chi connectivity index (χ1v) is 8.83. The van der Waals surface area contributed by atoms with Crippen LogP contribution >= 0.6 is 0 Å². The number of hydrogen-bond donors (Lipinski definition) is 0. The van der Waals surface area contributed by atoms with E-state index in [0.29, 0.717) is 0 Å². The zero-order valence-electron chi connectivity index (χ0n) is 15.9. The fraction of sp³-hybridized carbons (Fsp3) is 0.700. The molecule has 0 unspecified atom stereocenters. The minimum Gasteiger partial charge on any atom is -0.457 e. The number of unbranched alkanes of at least 4 members (excludes halogenated alkanes) is 5. The first-order valence-electron chi connectivity index (χ1n) is 8.83. The van der Waals surface area contributed by atoms with E-state index >= 15 is 0 Å². The molecule has 0 heterocycles. The molecule has 24 heavy (non-hydrogen) atoms. The van der Waals surface area contributed by atoms with Crippen LogP contribution in [0.5, 0.6) is 0 Å². The third-order valence-corrected chi connectivity index (χ3v) is 3.89. The van der Waals surface area contributed by atoms with Crippen LogP contribution < -0.4 is 0 Å². The molecule has 0 aliphatic heterocycles. The van der Waals surface area contributed by atoms with Gasteiger partial charge >= 0.3 is 11.9 Å². The van der Waals surface area contributed by atoms with E-state index in [9.17, 15) is 9.59 Å². The Kier molecular flexibility index (Phi) is 10.3. The molecule has 0 aromatic carbocycles. The van der Waals surface area contributed by atoms with Gasteiger partial charge in [0.1, 0.15) is 11.2 Å². The first-order chi connectivity index (χ1) is 11.1. The van der Waals surface area contributed by atoms with Gasteiger partial charge in [0.05, 0.1) is 0 Å². The van der Waals surface area contributed by atoms with Crippen LogP contribution in [0.15, 0.2) is 25.3 Å². The summed E-state index contributed by atoms with van der Waals surface area (Å²) in [6.45, 7) is 14.6. The molecule has 0 N–H and O–H groups in total. The Hall–Kier alpha value is -1.58. The van der Waals surface area contributed by atoms with E-state index in [1.165, 1.54) is 25.0 Å². The minimum atomic E-state index is -0.426. The molecule has 0 aromatic heterocycles. The third kappa shape index (κ3) is 11.9. The van der Waals surface area contributed by atoms with Crippen molar-refractivity contribution in [2.75, 3.05) is 0 Å². The van der Waals surface area contributed by atoms with Crippen molar-refractivity contribution in [2.45, 2.75) is 90.3 Å². The third-order valence-electron chi connectivity index (χ3n) is 3.89. The highest BCUT2D eigenvalue weighted by molar-refractivity contribution is 5.81. The van der Waals surface area contributed by atoms with Crippen LogP contribution in [-0.2, 0) is 19.1 Å². The van der Waals surface area contributed by atoms with E-state index in [1.54, 1.807) is 0 Å². The van der Waals surface area contributed by atoms with Gasteiger partial charge in [-0.05, 0) is 53.4 Å². The molecular formula is C20H34O4. The van der Waals surface area contributed by atoms with Gasteiger partial charge in [0.25, 0.3) is 0 Å². The van der Waals surface area contributed by atoms with Gasteiger partial charge in [0, 0.05) is 12.2 Å². The van der Waals surface area contributed by atoms with Gasteiger partial charge < -0.3 is 9.47 Å². The molecule has 0 saturated carbocycles. The number of carbonyl (C=O) groups excluding carboxylic acids is 2. The Morgan fingerprint density at radius 1 is 0.708 bits per heavy atom. The Bertz CT molecular complexity index is 381. The fourth-order valence-corrected chi connectivity index (χ4v) is 2.54. The van der Waals surface area contributed by atoms with Crippen LogP contribution in [0.25, 0.3) is 0 Å². The minimum absolute atomic E-state index is 0.361. The van der Waals surface area contributed by atoms with Gasteiger partial charge in [-0.2, -0.15) is 0 Å². The summed E-state index contributed by atoms with van der Waals surface area (Å²) in [7, 11) is 0. The van der Waals surface area contributed by atoms with Crippen molar-refractivity contribution in [1.29, 1.82) is 0 Å². The lowest BCUT2D eigenvalue weighted by Gasteiger charge is -2.24. The molecule has 0 atom stereocenters. The number of rotatable bonds is 13. The first kappa shape index (κ1) is 22.4. The van der Waals surface area contributed by atoms with Crippen LogP contribution in [0.4, 0.5) is 0 Å². The second-order valence-corrected chi connectivity index (χ2v) is 7.39. The molecule has 0 rings (SSSR count). The maximum atomic E-state index is 11.2. The second-order valence-electron chi connectivity index (χ2n) is 7.39. The molecule has 0 fully saturated rings. The van der Waals surface area contributed by atoms with Gasteiger partial charge in [-0.3, -0.25) is 0 Å². The highest BCUT2D eigenvalue weighted by Crippen LogP contribution is 2.22. The predicted molar refractivity (Wildman–Crippen MR) is 97.7 cm³/mol.